The first-order valence-corrected chi connectivity index (χ1v) is 5.65. The Labute approximate surface area is 103 Å². The molecule has 0 bridgehead atoms. The van der Waals surface area contributed by atoms with Gasteiger partial charge in [0.1, 0.15) is 0 Å². The average molecular weight is 254 g/mol. The molecule has 0 fully saturated rings. The zero-order valence-electron chi connectivity index (χ0n) is 10.4. The normalized spacial score (nSPS) is 11.0. The lowest BCUT2D eigenvalue weighted by Gasteiger charge is -2.06. The van der Waals surface area contributed by atoms with Crippen molar-refractivity contribution < 1.29 is 13.2 Å². The molecule has 2 aromatic rings. The minimum Gasteiger partial charge on any atom is -0.237 e. The molecule has 1 aromatic heterocycles. The van der Waals surface area contributed by atoms with E-state index in [1.165, 1.54) is 4.68 Å². The van der Waals surface area contributed by atoms with E-state index in [-0.39, 0.29) is 5.69 Å². The fourth-order valence-electron chi connectivity index (χ4n) is 2.10. The van der Waals surface area contributed by atoms with Gasteiger partial charge in [0, 0.05) is 17.8 Å². The smallest absolute Gasteiger partial charge is 0.194 e. The van der Waals surface area contributed by atoms with Crippen LogP contribution >= 0.6 is 0 Å². The standard InChI is InChI=1S/C13H13F3N2/c1-4-10-7(2)17-18(8(10)3)9-5-11(14)13(16)12(15)6-9/h5-6H,4H2,1-3H3. The number of aryl methyl sites for hydroxylation is 1. The summed E-state index contributed by atoms with van der Waals surface area (Å²) in [6.07, 6.45) is 0.782. The van der Waals surface area contributed by atoms with Crippen LogP contribution < -0.4 is 0 Å². The number of nitrogens with zero attached hydrogens (tertiary/aromatic N) is 2. The van der Waals surface area contributed by atoms with Crippen molar-refractivity contribution in [3.63, 3.8) is 0 Å². The third kappa shape index (κ3) is 1.89. The van der Waals surface area contributed by atoms with Crippen LogP contribution in [0.3, 0.4) is 0 Å². The zero-order chi connectivity index (χ0) is 13.4. The molecule has 0 aliphatic rings. The molecule has 2 nitrogen and oxygen atoms in total. The SMILES string of the molecule is CCc1c(C)nn(-c2cc(F)c(F)c(F)c2)c1C. The van der Waals surface area contributed by atoms with Crippen LogP contribution in [-0.4, -0.2) is 9.78 Å². The molecule has 0 atom stereocenters. The minimum absolute atomic E-state index is 0.187. The summed E-state index contributed by atoms with van der Waals surface area (Å²) in [6.45, 7) is 5.63. The lowest BCUT2D eigenvalue weighted by Crippen LogP contribution is -2.03. The molecule has 18 heavy (non-hydrogen) atoms. The van der Waals surface area contributed by atoms with Crippen molar-refractivity contribution in [2.45, 2.75) is 27.2 Å². The highest BCUT2D eigenvalue weighted by molar-refractivity contribution is 5.38. The summed E-state index contributed by atoms with van der Waals surface area (Å²) in [5, 5.41) is 4.22. The van der Waals surface area contributed by atoms with Gasteiger partial charge >= 0.3 is 0 Å². The Morgan fingerprint density at radius 1 is 1.11 bits per heavy atom. The Kier molecular flexibility index (Phi) is 3.15. The number of hydrogen-bond donors (Lipinski definition) is 0. The molecule has 1 heterocycles. The van der Waals surface area contributed by atoms with Crippen molar-refractivity contribution in [1.29, 1.82) is 0 Å². The van der Waals surface area contributed by atoms with E-state index >= 15 is 0 Å². The van der Waals surface area contributed by atoms with Gasteiger partial charge in [-0.05, 0) is 25.8 Å². The van der Waals surface area contributed by atoms with Gasteiger partial charge in [-0.2, -0.15) is 5.10 Å². The van der Waals surface area contributed by atoms with Gasteiger partial charge in [0.05, 0.1) is 11.4 Å². The predicted octanol–water partition coefficient (Wildman–Crippen LogP) is 3.47. The van der Waals surface area contributed by atoms with Crippen molar-refractivity contribution in [3.8, 4) is 5.69 Å². The molecule has 0 saturated carbocycles. The molecule has 0 aliphatic heterocycles. The lowest BCUT2D eigenvalue weighted by molar-refractivity contribution is 0.446. The first-order chi connectivity index (χ1) is 8.45. The van der Waals surface area contributed by atoms with Crippen LogP contribution in [0.4, 0.5) is 13.2 Å². The van der Waals surface area contributed by atoms with Crippen molar-refractivity contribution in [1.82, 2.24) is 9.78 Å². The maximum absolute atomic E-state index is 13.2. The number of benzene rings is 1. The fourth-order valence-corrected chi connectivity index (χ4v) is 2.10. The van der Waals surface area contributed by atoms with Crippen LogP contribution in [0.2, 0.25) is 0 Å². The first-order valence-electron chi connectivity index (χ1n) is 5.65. The van der Waals surface area contributed by atoms with Gasteiger partial charge in [-0.1, -0.05) is 6.92 Å². The summed E-state index contributed by atoms with van der Waals surface area (Å²) in [5.41, 5.74) is 2.83. The van der Waals surface area contributed by atoms with E-state index < -0.39 is 17.5 Å². The predicted molar refractivity (Wildman–Crippen MR) is 62.3 cm³/mol. The Balaban J connectivity index is 2.63. The van der Waals surface area contributed by atoms with Gasteiger partial charge < -0.3 is 0 Å². The topological polar surface area (TPSA) is 17.8 Å². The highest BCUT2D eigenvalue weighted by atomic mass is 19.2. The molecule has 0 amide bonds. The maximum atomic E-state index is 13.2. The van der Waals surface area contributed by atoms with Crippen LogP contribution in [0.1, 0.15) is 23.9 Å². The molecule has 1 aromatic carbocycles. The first kappa shape index (κ1) is 12.7. The third-order valence-corrected chi connectivity index (χ3v) is 3.01. The lowest BCUT2D eigenvalue weighted by atomic mass is 10.1. The Morgan fingerprint density at radius 3 is 2.11 bits per heavy atom. The second-order valence-electron chi connectivity index (χ2n) is 4.14. The van der Waals surface area contributed by atoms with E-state index in [9.17, 15) is 13.2 Å². The van der Waals surface area contributed by atoms with Crippen LogP contribution in [0.5, 0.6) is 0 Å². The van der Waals surface area contributed by atoms with Gasteiger partial charge in [0.2, 0.25) is 0 Å². The molecular weight excluding hydrogens is 241 g/mol. The molecule has 2 rings (SSSR count). The van der Waals surface area contributed by atoms with Gasteiger partial charge in [-0.25, -0.2) is 17.9 Å². The highest BCUT2D eigenvalue weighted by Crippen LogP contribution is 2.21. The van der Waals surface area contributed by atoms with E-state index in [2.05, 4.69) is 5.10 Å². The van der Waals surface area contributed by atoms with Gasteiger partial charge in [0.25, 0.3) is 0 Å². The molecule has 0 spiro atoms. The van der Waals surface area contributed by atoms with E-state index in [0.717, 1.165) is 35.5 Å². The summed E-state index contributed by atoms with van der Waals surface area (Å²) < 4.78 is 40.7. The summed E-state index contributed by atoms with van der Waals surface area (Å²) in [6, 6.07) is 1.88. The highest BCUT2D eigenvalue weighted by Gasteiger charge is 2.15. The largest absolute Gasteiger partial charge is 0.237 e. The van der Waals surface area contributed by atoms with E-state index in [1.807, 2.05) is 20.8 Å². The van der Waals surface area contributed by atoms with E-state index in [0.29, 0.717) is 0 Å². The van der Waals surface area contributed by atoms with Gasteiger partial charge in [0.15, 0.2) is 17.5 Å². The van der Waals surface area contributed by atoms with Gasteiger partial charge in [-0.3, -0.25) is 0 Å². The molecular formula is C13H13F3N2. The minimum atomic E-state index is -1.46. The average Bonchev–Trinajstić information content (AvgIpc) is 2.60. The monoisotopic (exact) mass is 254 g/mol. The summed E-state index contributed by atoms with van der Waals surface area (Å²) >= 11 is 0. The summed E-state index contributed by atoms with van der Waals surface area (Å²) in [4.78, 5) is 0. The van der Waals surface area contributed by atoms with E-state index in [4.69, 9.17) is 0 Å². The summed E-state index contributed by atoms with van der Waals surface area (Å²) in [7, 11) is 0. The van der Waals surface area contributed by atoms with Crippen LogP contribution in [0.15, 0.2) is 12.1 Å². The second kappa shape index (κ2) is 4.48. The quantitative estimate of drug-likeness (QED) is 0.750. The molecule has 0 saturated heterocycles. The third-order valence-electron chi connectivity index (χ3n) is 3.01. The number of aromatic nitrogens is 2. The Bertz CT molecular complexity index is 580. The van der Waals surface area contributed by atoms with Crippen LogP contribution in [0, 0.1) is 31.3 Å². The fraction of sp³-hybridized carbons (Fsp3) is 0.308. The van der Waals surface area contributed by atoms with Crippen molar-refractivity contribution in [3.05, 3.63) is 46.5 Å². The number of halogens is 3. The van der Waals surface area contributed by atoms with Crippen molar-refractivity contribution in [2.75, 3.05) is 0 Å². The molecule has 0 N–H and O–H groups in total. The molecule has 96 valence electrons. The maximum Gasteiger partial charge on any atom is 0.194 e. The van der Waals surface area contributed by atoms with Crippen molar-refractivity contribution in [2.24, 2.45) is 0 Å². The second-order valence-corrected chi connectivity index (χ2v) is 4.14. The molecule has 0 unspecified atom stereocenters. The Morgan fingerprint density at radius 2 is 1.67 bits per heavy atom. The van der Waals surface area contributed by atoms with E-state index in [1.54, 1.807) is 0 Å². The van der Waals surface area contributed by atoms with Gasteiger partial charge in [-0.15, -0.1) is 0 Å². The Hall–Kier alpha value is -1.78. The van der Waals surface area contributed by atoms with Crippen molar-refractivity contribution >= 4 is 0 Å². The molecule has 0 radical (unpaired) electrons. The number of hydrogen-bond acceptors (Lipinski definition) is 1. The number of rotatable bonds is 2. The summed E-state index contributed by atoms with van der Waals surface area (Å²) in [5.74, 6) is -3.89. The molecule has 5 heteroatoms. The zero-order valence-corrected chi connectivity index (χ0v) is 10.4. The molecule has 0 aliphatic carbocycles. The van der Waals surface area contributed by atoms with Crippen LogP contribution in [-0.2, 0) is 6.42 Å². The van der Waals surface area contributed by atoms with Crippen LogP contribution in [0.25, 0.3) is 5.69 Å².